The van der Waals surface area contributed by atoms with Gasteiger partial charge >= 0.3 is 0 Å². The first-order valence-corrected chi connectivity index (χ1v) is 9.69. The Bertz CT molecular complexity index is 911. The van der Waals surface area contributed by atoms with Gasteiger partial charge in [-0.3, -0.25) is 19.4 Å². The fraction of sp³-hybridized carbons (Fsp3) is 0.304. The summed E-state index contributed by atoms with van der Waals surface area (Å²) < 4.78 is 0. The van der Waals surface area contributed by atoms with Crippen LogP contribution >= 0.6 is 0 Å². The molecule has 2 heterocycles. The first-order valence-electron chi connectivity index (χ1n) is 9.69. The third-order valence-electron chi connectivity index (χ3n) is 5.60. The summed E-state index contributed by atoms with van der Waals surface area (Å²) >= 11 is 0. The highest BCUT2D eigenvalue weighted by molar-refractivity contribution is 6.35. The van der Waals surface area contributed by atoms with E-state index in [1.165, 1.54) is 10.5 Å². The molecule has 5 heteroatoms. The van der Waals surface area contributed by atoms with Crippen molar-refractivity contribution in [2.75, 3.05) is 13.1 Å². The summed E-state index contributed by atoms with van der Waals surface area (Å²) in [5, 5.41) is 10.4. The number of aliphatic hydroxyl groups is 1. The van der Waals surface area contributed by atoms with E-state index in [9.17, 15) is 14.7 Å². The van der Waals surface area contributed by atoms with E-state index in [0.29, 0.717) is 5.56 Å². The maximum atomic E-state index is 13.0. The Labute approximate surface area is 164 Å². The Kier molecular flexibility index (Phi) is 5.01. The van der Waals surface area contributed by atoms with E-state index in [2.05, 4.69) is 17.0 Å². The van der Waals surface area contributed by atoms with Crippen LogP contribution in [-0.2, 0) is 16.1 Å². The van der Waals surface area contributed by atoms with Crippen LogP contribution in [0.4, 0.5) is 0 Å². The number of nitrogens with zero attached hydrogens (tertiary/aromatic N) is 2. The highest BCUT2D eigenvalue weighted by Crippen LogP contribution is 2.32. The van der Waals surface area contributed by atoms with E-state index in [0.717, 1.165) is 38.0 Å². The smallest absolute Gasteiger partial charge is 0.296 e. The molecule has 2 aromatic rings. The van der Waals surface area contributed by atoms with Crippen molar-refractivity contribution < 1.29 is 14.7 Å². The minimum atomic E-state index is -0.568. The maximum absolute atomic E-state index is 13.0. The monoisotopic (exact) mass is 376 g/mol. The van der Waals surface area contributed by atoms with Gasteiger partial charge in [-0.2, -0.15) is 0 Å². The summed E-state index contributed by atoms with van der Waals surface area (Å²) in [6, 6.07) is 17.4. The van der Waals surface area contributed by atoms with E-state index in [4.69, 9.17) is 0 Å². The molecule has 4 rings (SSSR count). The maximum Gasteiger partial charge on any atom is 0.296 e. The largest absolute Gasteiger partial charge is 0.502 e. The van der Waals surface area contributed by atoms with E-state index in [1.54, 1.807) is 12.1 Å². The van der Waals surface area contributed by atoms with Crippen molar-refractivity contribution >= 4 is 17.4 Å². The Morgan fingerprint density at radius 2 is 1.57 bits per heavy atom. The zero-order chi connectivity index (χ0) is 19.7. The number of likely N-dealkylation sites (tertiary alicyclic amines) is 1. The number of piperidine rings is 1. The first-order chi connectivity index (χ1) is 13.5. The van der Waals surface area contributed by atoms with Gasteiger partial charge in [0.05, 0.1) is 5.57 Å². The lowest BCUT2D eigenvalue weighted by molar-refractivity contribution is -0.141. The van der Waals surface area contributed by atoms with Crippen molar-refractivity contribution in [3.63, 3.8) is 0 Å². The first kappa shape index (κ1) is 18.4. The minimum Gasteiger partial charge on any atom is -0.502 e. The molecule has 2 aliphatic heterocycles. The summed E-state index contributed by atoms with van der Waals surface area (Å²) in [6.07, 6.45) is 1.44. The van der Waals surface area contributed by atoms with Crippen LogP contribution in [0.2, 0.25) is 0 Å². The van der Waals surface area contributed by atoms with E-state index in [1.807, 2.05) is 37.3 Å². The van der Waals surface area contributed by atoms with E-state index in [-0.39, 0.29) is 17.5 Å². The molecule has 0 atom stereocenters. The van der Waals surface area contributed by atoms with Crippen LogP contribution in [0.15, 0.2) is 60.4 Å². The lowest BCUT2D eigenvalue weighted by Gasteiger charge is -2.35. The van der Waals surface area contributed by atoms with Gasteiger partial charge in [-0.05, 0) is 30.9 Å². The van der Waals surface area contributed by atoms with Crippen LogP contribution in [0.3, 0.4) is 0 Å². The van der Waals surface area contributed by atoms with Crippen LogP contribution in [-0.4, -0.2) is 45.9 Å². The average molecular weight is 376 g/mol. The van der Waals surface area contributed by atoms with Gasteiger partial charge in [0.25, 0.3) is 11.8 Å². The summed E-state index contributed by atoms with van der Waals surface area (Å²) in [5.41, 5.74) is 3.03. The molecule has 0 aliphatic carbocycles. The van der Waals surface area contributed by atoms with Gasteiger partial charge in [0.2, 0.25) is 0 Å². The molecule has 28 heavy (non-hydrogen) atoms. The highest BCUT2D eigenvalue weighted by Gasteiger charge is 2.43. The van der Waals surface area contributed by atoms with Crippen LogP contribution in [0.5, 0.6) is 0 Å². The number of amides is 2. The number of carbonyl (C=O) groups excluding carboxylic acids is 2. The zero-order valence-electron chi connectivity index (χ0n) is 16.0. The number of aliphatic hydroxyl groups excluding tert-OH is 1. The Morgan fingerprint density at radius 1 is 0.929 bits per heavy atom. The van der Waals surface area contributed by atoms with Crippen molar-refractivity contribution in [1.29, 1.82) is 0 Å². The van der Waals surface area contributed by atoms with Crippen molar-refractivity contribution in [3.8, 4) is 0 Å². The van der Waals surface area contributed by atoms with Gasteiger partial charge in [0.15, 0.2) is 5.76 Å². The molecule has 2 amide bonds. The fourth-order valence-corrected chi connectivity index (χ4v) is 4.02. The van der Waals surface area contributed by atoms with Gasteiger partial charge in [0.1, 0.15) is 0 Å². The predicted octanol–water partition coefficient (Wildman–Crippen LogP) is 3.30. The normalized spacial score (nSPS) is 19.0. The predicted molar refractivity (Wildman–Crippen MR) is 107 cm³/mol. The molecule has 1 N–H and O–H groups in total. The third kappa shape index (κ3) is 3.45. The molecule has 0 radical (unpaired) electrons. The molecule has 1 fully saturated rings. The highest BCUT2D eigenvalue weighted by atomic mass is 16.3. The van der Waals surface area contributed by atoms with Crippen molar-refractivity contribution in [2.24, 2.45) is 0 Å². The minimum absolute atomic E-state index is 0.122. The van der Waals surface area contributed by atoms with Crippen LogP contribution < -0.4 is 0 Å². The molecule has 2 aliphatic rings. The fourth-order valence-electron chi connectivity index (χ4n) is 4.02. The number of imide groups is 1. The second-order valence-electron chi connectivity index (χ2n) is 7.56. The SMILES string of the molecule is Cc1ccc(C2=C(O)C(=O)N(C3CCN(Cc4ccccc4)CC3)C2=O)cc1. The Balaban J connectivity index is 1.44. The summed E-state index contributed by atoms with van der Waals surface area (Å²) in [5.74, 6) is -1.38. The third-order valence-corrected chi connectivity index (χ3v) is 5.60. The van der Waals surface area contributed by atoms with Gasteiger partial charge in [-0.1, -0.05) is 60.2 Å². The number of hydrogen-bond acceptors (Lipinski definition) is 4. The van der Waals surface area contributed by atoms with Crippen LogP contribution in [0.1, 0.15) is 29.5 Å². The molecular weight excluding hydrogens is 352 g/mol. The summed E-state index contributed by atoms with van der Waals surface area (Å²) in [7, 11) is 0. The van der Waals surface area contributed by atoms with Crippen molar-refractivity contribution in [2.45, 2.75) is 32.4 Å². The van der Waals surface area contributed by atoms with Gasteiger partial charge in [0, 0.05) is 25.7 Å². The molecule has 144 valence electrons. The van der Waals surface area contributed by atoms with Gasteiger partial charge in [-0.25, -0.2) is 0 Å². The molecule has 0 unspecified atom stereocenters. The van der Waals surface area contributed by atoms with Gasteiger partial charge in [-0.15, -0.1) is 0 Å². The van der Waals surface area contributed by atoms with Gasteiger partial charge < -0.3 is 5.11 Å². The summed E-state index contributed by atoms with van der Waals surface area (Å²) in [6.45, 7) is 4.46. The van der Waals surface area contributed by atoms with Crippen LogP contribution in [0.25, 0.3) is 5.57 Å². The number of hydrogen-bond donors (Lipinski definition) is 1. The molecule has 1 saturated heterocycles. The average Bonchev–Trinajstić information content (AvgIpc) is 2.93. The summed E-state index contributed by atoms with van der Waals surface area (Å²) in [4.78, 5) is 29.2. The second kappa shape index (κ2) is 7.60. The quantitative estimate of drug-likeness (QED) is 0.832. The molecule has 0 saturated carbocycles. The number of carbonyl (C=O) groups is 2. The Hall–Kier alpha value is -2.92. The van der Waals surface area contributed by atoms with Crippen LogP contribution in [0, 0.1) is 6.92 Å². The number of benzene rings is 2. The molecule has 2 aromatic carbocycles. The standard InChI is InChI=1S/C23H24N2O3/c1-16-7-9-18(10-8-16)20-21(26)23(28)25(22(20)27)19-11-13-24(14-12-19)15-17-5-3-2-4-6-17/h2-10,19,26H,11-15H2,1H3. The molecule has 0 aromatic heterocycles. The second-order valence-corrected chi connectivity index (χ2v) is 7.56. The molecular formula is C23H24N2O3. The molecule has 0 spiro atoms. The lowest BCUT2D eigenvalue weighted by atomic mass is 10.0. The zero-order valence-corrected chi connectivity index (χ0v) is 16.0. The molecule has 0 bridgehead atoms. The number of aryl methyl sites for hydroxylation is 1. The van der Waals surface area contributed by atoms with Crippen molar-refractivity contribution in [3.05, 3.63) is 77.0 Å². The van der Waals surface area contributed by atoms with Crippen molar-refractivity contribution in [1.82, 2.24) is 9.80 Å². The number of rotatable bonds is 4. The lowest BCUT2D eigenvalue weighted by Crippen LogP contribution is -2.47. The topological polar surface area (TPSA) is 60.9 Å². The van der Waals surface area contributed by atoms with E-state index < -0.39 is 11.7 Å². The van der Waals surface area contributed by atoms with E-state index >= 15 is 0 Å². The Morgan fingerprint density at radius 3 is 2.21 bits per heavy atom. The molecule has 5 nitrogen and oxygen atoms in total.